The number of amidine groups is 2. The highest BCUT2D eigenvalue weighted by molar-refractivity contribution is 8.26. The van der Waals surface area contributed by atoms with Crippen LogP contribution in [0, 0.1) is 19.3 Å². The van der Waals surface area contributed by atoms with E-state index in [1.165, 1.54) is 23.9 Å². The van der Waals surface area contributed by atoms with E-state index in [2.05, 4.69) is 10.1 Å². The van der Waals surface area contributed by atoms with Gasteiger partial charge in [0.2, 0.25) is 5.17 Å². The Balaban J connectivity index is 1.49. The fraction of sp³-hybridized carbons (Fsp3) is 0.250. The molecule has 2 aliphatic heterocycles. The first kappa shape index (κ1) is 23.8. The van der Waals surface area contributed by atoms with Gasteiger partial charge in [-0.25, -0.2) is 0 Å². The molecule has 0 radical (unpaired) electrons. The van der Waals surface area contributed by atoms with Crippen LogP contribution in [0.2, 0.25) is 5.02 Å². The number of hydrogen-bond acceptors (Lipinski definition) is 7. The number of carbonyl (C=O) groups is 1. The lowest BCUT2D eigenvalue weighted by Gasteiger charge is -2.20. The maximum absolute atomic E-state index is 12.5. The Kier molecular flexibility index (Phi) is 6.95. The molecule has 176 valence electrons. The Morgan fingerprint density at radius 1 is 1.12 bits per heavy atom. The van der Waals surface area contributed by atoms with Gasteiger partial charge in [0.1, 0.15) is 19.0 Å². The van der Waals surface area contributed by atoms with Crippen molar-refractivity contribution in [2.45, 2.75) is 20.8 Å². The minimum Gasteiger partial charge on any atom is -0.493 e. The van der Waals surface area contributed by atoms with Crippen LogP contribution < -0.4 is 14.2 Å². The van der Waals surface area contributed by atoms with Gasteiger partial charge in [0, 0.05) is 0 Å². The second kappa shape index (κ2) is 9.90. The number of ether oxygens (including phenoxy) is 3. The minimum atomic E-state index is -0.507. The largest absolute Gasteiger partial charge is 0.493 e. The summed E-state index contributed by atoms with van der Waals surface area (Å²) in [6.07, 6.45) is 1.54. The van der Waals surface area contributed by atoms with Crippen molar-refractivity contribution in [1.82, 2.24) is 5.01 Å². The number of benzene rings is 2. The second-order valence-electron chi connectivity index (χ2n) is 7.64. The smallest absolute Gasteiger partial charge is 0.283 e. The molecule has 1 amide bonds. The van der Waals surface area contributed by atoms with E-state index in [0.717, 1.165) is 16.9 Å². The molecule has 0 atom stereocenters. The Labute approximate surface area is 206 Å². The van der Waals surface area contributed by atoms with Gasteiger partial charge in [-0.3, -0.25) is 10.2 Å². The molecular weight excluding hydrogens is 476 g/mol. The summed E-state index contributed by atoms with van der Waals surface area (Å²) < 4.78 is 17.1. The van der Waals surface area contributed by atoms with E-state index in [4.69, 9.17) is 31.2 Å². The van der Waals surface area contributed by atoms with E-state index >= 15 is 0 Å². The first-order valence-corrected chi connectivity index (χ1v) is 11.6. The predicted molar refractivity (Wildman–Crippen MR) is 136 cm³/mol. The van der Waals surface area contributed by atoms with Gasteiger partial charge in [-0.05, 0) is 73.5 Å². The molecule has 2 aromatic rings. The quantitative estimate of drug-likeness (QED) is 0.423. The molecule has 10 heteroatoms. The maximum Gasteiger partial charge on any atom is 0.283 e. The van der Waals surface area contributed by atoms with E-state index in [-0.39, 0.29) is 18.0 Å². The van der Waals surface area contributed by atoms with E-state index in [0.29, 0.717) is 38.9 Å². The summed E-state index contributed by atoms with van der Waals surface area (Å²) in [7, 11) is 1.51. The van der Waals surface area contributed by atoms with Gasteiger partial charge in [0.15, 0.2) is 17.3 Å². The number of hydrogen-bond donors (Lipinski definition) is 1. The van der Waals surface area contributed by atoms with Gasteiger partial charge < -0.3 is 14.2 Å². The van der Waals surface area contributed by atoms with Crippen molar-refractivity contribution in [3.8, 4) is 17.2 Å². The molecule has 0 fully saturated rings. The van der Waals surface area contributed by atoms with Crippen LogP contribution in [0.1, 0.15) is 23.6 Å². The van der Waals surface area contributed by atoms with Gasteiger partial charge in [-0.15, -0.1) is 0 Å². The number of aliphatic imine (C=N–C) groups is 1. The van der Waals surface area contributed by atoms with Gasteiger partial charge in [0.05, 0.1) is 22.7 Å². The summed E-state index contributed by atoms with van der Waals surface area (Å²) in [6.45, 7) is 6.38. The molecule has 1 N–H and O–H groups in total. The summed E-state index contributed by atoms with van der Waals surface area (Å²) in [6, 6.07) is 9.36. The zero-order valence-corrected chi connectivity index (χ0v) is 20.7. The molecule has 0 spiro atoms. The third-order valence-electron chi connectivity index (χ3n) is 5.05. The number of aryl methyl sites for hydroxylation is 2. The van der Waals surface area contributed by atoms with E-state index in [9.17, 15) is 4.79 Å². The van der Waals surface area contributed by atoms with Gasteiger partial charge in [0.25, 0.3) is 5.91 Å². The highest BCUT2D eigenvalue weighted by atomic mass is 35.5. The molecule has 0 bridgehead atoms. The van der Waals surface area contributed by atoms with Crippen LogP contribution in [0.3, 0.4) is 0 Å². The van der Waals surface area contributed by atoms with Crippen LogP contribution in [0.25, 0.3) is 6.08 Å². The molecule has 2 aromatic carbocycles. The number of hydrazone groups is 1. The number of amides is 1. The third kappa shape index (κ3) is 4.95. The van der Waals surface area contributed by atoms with E-state index in [1.54, 1.807) is 25.1 Å². The normalized spacial score (nSPS) is 16.4. The summed E-state index contributed by atoms with van der Waals surface area (Å²) >= 11 is 7.73. The predicted octanol–water partition coefficient (Wildman–Crippen LogP) is 5.06. The Hall–Kier alpha value is -3.30. The number of rotatable bonds is 7. The monoisotopic (exact) mass is 498 g/mol. The average molecular weight is 499 g/mol. The van der Waals surface area contributed by atoms with Crippen LogP contribution in [-0.4, -0.2) is 47.3 Å². The summed E-state index contributed by atoms with van der Waals surface area (Å²) in [5, 5.41) is 15.4. The Morgan fingerprint density at radius 2 is 1.88 bits per heavy atom. The molecular formula is C24H23ClN4O4S. The first-order chi connectivity index (χ1) is 16.3. The van der Waals surface area contributed by atoms with Crippen LogP contribution >= 0.6 is 23.4 Å². The molecule has 0 aliphatic carbocycles. The van der Waals surface area contributed by atoms with Crippen LogP contribution in [0.4, 0.5) is 0 Å². The zero-order chi connectivity index (χ0) is 24.4. The Bertz CT molecular complexity index is 1270. The molecule has 0 unspecified atom stereocenters. The van der Waals surface area contributed by atoms with Crippen molar-refractivity contribution in [3.05, 3.63) is 57.6 Å². The van der Waals surface area contributed by atoms with Crippen molar-refractivity contribution in [2.24, 2.45) is 10.1 Å². The number of fused-ring (bicyclic) bond motifs is 1. The summed E-state index contributed by atoms with van der Waals surface area (Å²) in [5.74, 6) is 1.03. The maximum atomic E-state index is 12.5. The second-order valence-corrected chi connectivity index (χ2v) is 9.21. The van der Waals surface area contributed by atoms with Crippen molar-refractivity contribution >= 4 is 51.4 Å². The van der Waals surface area contributed by atoms with E-state index in [1.807, 2.05) is 32.0 Å². The number of methoxy groups -OCH3 is 1. The average Bonchev–Trinajstić information content (AvgIpc) is 3.17. The number of nitrogens with one attached hydrogen (secondary N) is 1. The number of thioether (sulfide) groups is 1. The van der Waals surface area contributed by atoms with Crippen molar-refractivity contribution in [2.75, 3.05) is 20.3 Å². The molecule has 0 aromatic heterocycles. The topological polar surface area (TPSA) is 96.6 Å². The first-order valence-electron chi connectivity index (χ1n) is 10.4. The van der Waals surface area contributed by atoms with Crippen LogP contribution in [0.15, 0.2) is 46.0 Å². The van der Waals surface area contributed by atoms with E-state index < -0.39 is 5.91 Å². The minimum absolute atomic E-state index is 0.0432. The van der Waals surface area contributed by atoms with Gasteiger partial charge >= 0.3 is 0 Å². The van der Waals surface area contributed by atoms with Crippen molar-refractivity contribution in [1.29, 1.82) is 5.41 Å². The molecule has 2 heterocycles. The van der Waals surface area contributed by atoms with Crippen LogP contribution in [-0.2, 0) is 4.79 Å². The standard InChI is InChI=1S/C24H23ClN4O4S/c1-13-5-6-14(2)19(9-13)32-7-8-33-21-18(25)11-16(12-20(21)31-4)10-17-22(26)29-24(27-23(17)30)34-15(3)28-29/h5-6,9-12,26H,7-8H2,1-4H3/b17-10+,26-22?. The fourth-order valence-corrected chi connectivity index (χ4v) is 4.38. The fourth-order valence-electron chi connectivity index (χ4n) is 3.38. The number of halogens is 1. The molecule has 0 saturated heterocycles. The van der Waals surface area contributed by atoms with Crippen molar-refractivity contribution in [3.63, 3.8) is 0 Å². The van der Waals surface area contributed by atoms with Gasteiger partial charge in [-0.2, -0.15) is 15.1 Å². The SMILES string of the molecule is COc1cc(/C=C2\C(=N)N3N=C(C)SC3=NC2=O)cc(Cl)c1OCCOc1cc(C)ccc1C. The molecule has 34 heavy (non-hydrogen) atoms. The number of nitrogens with zero attached hydrogens (tertiary/aromatic N) is 3. The number of carbonyl (C=O) groups excluding carboxylic acids is 1. The summed E-state index contributed by atoms with van der Waals surface area (Å²) in [4.78, 5) is 16.5. The highest BCUT2D eigenvalue weighted by Gasteiger charge is 2.34. The lowest BCUT2D eigenvalue weighted by atomic mass is 10.1. The lowest BCUT2D eigenvalue weighted by molar-refractivity contribution is -0.114. The summed E-state index contributed by atoms with van der Waals surface area (Å²) in [5.41, 5.74) is 2.84. The molecule has 4 rings (SSSR count). The lowest BCUT2D eigenvalue weighted by Crippen LogP contribution is -2.35. The van der Waals surface area contributed by atoms with Crippen molar-refractivity contribution < 1.29 is 19.0 Å². The molecule has 0 saturated carbocycles. The van der Waals surface area contributed by atoms with Crippen LogP contribution in [0.5, 0.6) is 17.2 Å². The highest BCUT2D eigenvalue weighted by Crippen LogP contribution is 2.37. The third-order valence-corrected chi connectivity index (χ3v) is 6.15. The molecule has 8 nitrogen and oxygen atoms in total. The zero-order valence-electron chi connectivity index (χ0n) is 19.1. The molecule has 2 aliphatic rings. The van der Waals surface area contributed by atoms with Gasteiger partial charge in [-0.1, -0.05) is 23.7 Å². The Morgan fingerprint density at radius 3 is 2.65 bits per heavy atom.